The monoisotopic (exact) mass is 414 g/mol. The lowest BCUT2D eigenvalue weighted by Crippen LogP contribution is -2.32. The van der Waals surface area contributed by atoms with Gasteiger partial charge in [0.25, 0.3) is 5.56 Å². The molecule has 31 heavy (non-hydrogen) atoms. The number of carbonyl (C=O) groups is 1. The van der Waals surface area contributed by atoms with Crippen LogP contribution < -0.4 is 10.3 Å². The molecule has 1 aliphatic heterocycles. The maximum absolute atomic E-state index is 12.7. The molecule has 4 aromatic rings. The van der Waals surface area contributed by atoms with Crippen molar-refractivity contribution in [2.75, 3.05) is 13.1 Å². The third kappa shape index (κ3) is 3.86. The lowest BCUT2D eigenvalue weighted by atomic mass is 10.2. The third-order valence-electron chi connectivity index (χ3n) is 5.69. The first-order valence-corrected chi connectivity index (χ1v) is 10.4. The molecular weight excluding hydrogens is 392 g/mol. The van der Waals surface area contributed by atoms with Crippen LogP contribution in [0.4, 0.5) is 0 Å². The molecule has 1 unspecified atom stereocenters. The first-order valence-electron chi connectivity index (χ1n) is 10.4. The van der Waals surface area contributed by atoms with Crippen molar-refractivity contribution in [2.24, 2.45) is 0 Å². The van der Waals surface area contributed by atoms with Gasteiger partial charge in [-0.25, -0.2) is 4.98 Å². The van der Waals surface area contributed by atoms with Crippen molar-refractivity contribution in [3.8, 4) is 5.75 Å². The average Bonchev–Trinajstić information content (AvgIpc) is 3.28. The van der Waals surface area contributed by atoms with Gasteiger partial charge in [0.05, 0.1) is 23.8 Å². The van der Waals surface area contributed by atoms with Gasteiger partial charge in [-0.3, -0.25) is 19.1 Å². The second kappa shape index (κ2) is 8.18. The standard InChI is InChI=1S/C24H22N4O3/c29-22(11-14-28-16-26-20-8-2-1-7-19(20)24(28)30)27-13-10-18(15-27)31-21-9-3-5-17-6-4-12-25-23(17)21/h1-9,12,16,18H,10-11,13-15H2. The number of amides is 1. The fourth-order valence-corrected chi connectivity index (χ4v) is 4.04. The average molecular weight is 414 g/mol. The Morgan fingerprint density at radius 3 is 2.87 bits per heavy atom. The fourth-order valence-electron chi connectivity index (χ4n) is 4.04. The second-order valence-electron chi connectivity index (χ2n) is 7.71. The summed E-state index contributed by atoms with van der Waals surface area (Å²) >= 11 is 0. The normalized spacial score (nSPS) is 16.1. The second-order valence-corrected chi connectivity index (χ2v) is 7.71. The van der Waals surface area contributed by atoms with E-state index in [1.165, 1.54) is 10.9 Å². The minimum atomic E-state index is -0.121. The molecule has 0 N–H and O–H groups in total. The van der Waals surface area contributed by atoms with E-state index < -0.39 is 0 Å². The summed E-state index contributed by atoms with van der Waals surface area (Å²) in [6.07, 6.45) is 4.22. The van der Waals surface area contributed by atoms with Crippen molar-refractivity contribution in [3.63, 3.8) is 0 Å². The van der Waals surface area contributed by atoms with Gasteiger partial charge in [-0.2, -0.15) is 0 Å². The summed E-state index contributed by atoms with van der Waals surface area (Å²) < 4.78 is 7.68. The number of fused-ring (bicyclic) bond motifs is 2. The van der Waals surface area contributed by atoms with Crippen LogP contribution in [0.15, 0.2) is 71.9 Å². The van der Waals surface area contributed by atoms with Crippen molar-refractivity contribution in [2.45, 2.75) is 25.5 Å². The number of carbonyl (C=O) groups excluding carboxylic acids is 1. The van der Waals surface area contributed by atoms with E-state index in [1.807, 2.05) is 53.4 Å². The Balaban J connectivity index is 1.22. The van der Waals surface area contributed by atoms with E-state index in [-0.39, 0.29) is 24.0 Å². The molecule has 0 bridgehead atoms. The van der Waals surface area contributed by atoms with Gasteiger partial charge in [0.15, 0.2) is 0 Å². The zero-order chi connectivity index (χ0) is 21.2. The largest absolute Gasteiger partial charge is 0.486 e. The highest BCUT2D eigenvalue weighted by molar-refractivity contribution is 5.84. The van der Waals surface area contributed by atoms with Crippen LogP contribution in [0, 0.1) is 0 Å². The summed E-state index contributed by atoms with van der Waals surface area (Å²) in [6.45, 7) is 1.49. The molecule has 2 aromatic heterocycles. The zero-order valence-electron chi connectivity index (χ0n) is 17.0. The predicted molar refractivity (Wildman–Crippen MR) is 118 cm³/mol. The number of rotatable bonds is 5. The summed E-state index contributed by atoms with van der Waals surface area (Å²) in [6, 6.07) is 17.0. The third-order valence-corrected chi connectivity index (χ3v) is 5.69. The Labute approximate surface area is 178 Å². The Hall–Kier alpha value is -3.74. The molecule has 0 radical (unpaired) electrons. The molecule has 7 nitrogen and oxygen atoms in total. The van der Waals surface area contributed by atoms with Crippen LogP contribution in [0.25, 0.3) is 21.8 Å². The smallest absolute Gasteiger partial charge is 0.261 e. The molecule has 0 aliphatic carbocycles. The summed E-state index contributed by atoms with van der Waals surface area (Å²) in [5.41, 5.74) is 1.37. The van der Waals surface area contributed by atoms with Gasteiger partial charge in [-0.05, 0) is 24.3 Å². The number of benzene rings is 2. The van der Waals surface area contributed by atoms with Crippen LogP contribution in [0.5, 0.6) is 5.75 Å². The number of pyridine rings is 1. The van der Waals surface area contributed by atoms with Crippen LogP contribution in [-0.4, -0.2) is 44.5 Å². The first-order chi connectivity index (χ1) is 15.2. The van der Waals surface area contributed by atoms with Gasteiger partial charge < -0.3 is 9.64 Å². The topological polar surface area (TPSA) is 77.3 Å². The molecule has 1 saturated heterocycles. The van der Waals surface area contributed by atoms with E-state index in [9.17, 15) is 9.59 Å². The lowest BCUT2D eigenvalue weighted by molar-refractivity contribution is -0.130. The Bertz CT molecular complexity index is 1310. The van der Waals surface area contributed by atoms with E-state index in [1.54, 1.807) is 12.3 Å². The van der Waals surface area contributed by atoms with Gasteiger partial charge in [0.1, 0.15) is 17.4 Å². The van der Waals surface area contributed by atoms with Gasteiger partial charge in [0.2, 0.25) is 5.91 Å². The fraction of sp³-hybridized carbons (Fsp3) is 0.250. The maximum Gasteiger partial charge on any atom is 0.261 e. The molecule has 5 rings (SSSR count). The minimum absolute atomic E-state index is 0.0159. The quantitative estimate of drug-likeness (QED) is 0.502. The highest BCUT2D eigenvalue weighted by atomic mass is 16.5. The molecule has 0 spiro atoms. The molecule has 156 valence electrons. The van der Waals surface area contributed by atoms with Crippen molar-refractivity contribution in [3.05, 3.63) is 77.5 Å². The van der Waals surface area contributed by atoms with Crippen LogP contribution >= 0.6 is 0 Å². The van der Waals surface area contributed by atoms with Gasteiger partial charge in [-0.15, -0.1) is 0 Å². The number of para-hydroxylation sites is 2. The SMILES string of the molecule is O=C(CCn1cnc2ccccc2c1=O)N1CCC(Oc2cccc3cccnc23)C1. The van der Waals surface area contributed by atoms with Crippen molar-refractivity contribution < 1.29 is 9.53 Å². The molecule has 0 saturated carbocycles. The molecule has 1 atom stereocenters. The van der Waals surface area contributed by atoms with Crippen LogP contribution in [0.1, 0.15) is 12.8 Å². The Morgan fingerprint density at radius 2 is 1.94 bits per heavy atom. The summed E-state index contributed by atoms with van der Waals surface area (Å²) in [5.74, 6) is 0.758. The minimum Gasteiger partial charge on any atom is -0.486 e. The van der Waals surface area contributed by atoms with E-state index in [2.05, 4.69) is 9.97 Å². The molecular formula is C24H22N4O3. The number of hydrogen-bond donors (Lipinski definition) is 0. The molecule has 1 aliphatic rings. The molecule has 2 aromatic carbocycles. The lowest BCUT2D eigenvalue weighted by Gasteiger charge is -2.18. The van der Waals surface area contributed by atoms with Crippen LogP contribution in [-0.2, 0) is 11.3 Å². The highest BCUT2D eigenvalue weighted by Gasteiger charge is 2.28. The zero-order valence-corrected chi connectivity index (χ0v) is 17.0. The molecule has 1 amide bonds. The predicted octanol–water partition coefficient (Wildman–Crippen LogP) is 3.01. The Kier molecular flexibility index (Phi) is 5.08. The summed E-state index contributed by atoms with van der Waals surface area (Å²) in [7, 11) is 0. The van der Waals surface area contributed by atoms with E-state index in [0.29, 0.717) is 30.5 Å². The van der Waals surface area contributed by atoms with E-state index in [4.69, 9.17) is 4.74 Å². The number of aromatic nitrogens is 3. The van der Waals surface area contributed by atoms with Crippen molar-refractivity contribution in [1.29, 1.82) is 0 Å². The van der Waals surface area contributed by atoms with Gasteiger partial charge in [0, 0.05) is 37.5 Å². The maximum atomic E-state index is 12.7. The summed E-state index contributed by atoms with van der Waals surface area (Å²) in [4.78, 5) is 35.9. The number of aryl methyl sites for hydroxylation is 1. The molecule has 7 heteroatoms. The van der Waals surface area contributed by atoms with Crippen LogP contribution in [0.2, 0.25) is 0 Å². The highest BCUT2D eigenvalue weighted by Crippen LogP contribution is 2.26. The number of ether oxygens (including phenoxy) is 1. The van der Waals surface area contributed by atoms with E-state index >= 15 is 0 Å². The Morgan fingerprint density at radius 1 is 1.06 bits per heavy atom. The number of likely N-dealkylation sites (tertiary alicyclic amines) is 1. The number of nitrogens with zero attached hydrogens (tertiary/aromatic N) is 4. The molecule has 3 heterocycles. The van der Waals surface area contributed by atoms with Crippen LogP contribution in [0.3, 0.4) is 0 Å². The van der Waals surface area contributed by atoms with Gasteiger partial charge in [-0.1, -0.05) is 30.3 Å². The van der Waals surface area contributed by atoms with Crippen molar-refractivity contribution in [1.82, 2.24) is 19.4 Å². The number of hydrogen-bond acceptors (Lipinski definition) is 5. The van der Waals surface area contributed by atoms with E-state index in [0.717, 1.165) is 23.1 Å². The van der Waals surface area contributed by atoms with Crippen molar-refractivity contribution >= 4 is 27.7 Å². The molecule has 1 fully saturated rings. The van der Waals surface area contributed by atoms with Gasteiger partial charge >= 0.3 is 0 Å². The first kappa shape index (κ1) is 19.2. The summed E-state index contributed by atoms with van der Waals surface area (Å²) in [5, 5.41) is 1.59.